The van der Waals surface area contributed by atoms with Crippen molar-refractivity contribution in [1.29, 1.82) is 0 Å². The third-order valence-electron chi connectivity index (χ3n) is 0.239. The molecule has 7 heavy (non-hydrogen) atoms. The second-order valence-electron chi connectivity index (χ2n) is 1.00. The lowest BCUT2D eigenvalue weighted by molar-refractivity contribution is 0.396. The highest BCUT2D eigenvalue weighted by molar-refractivity contribution is 7.56. The molecular weight excluding hydrogens is 138 g/mol. The van der Waals surface area contributed by atoms with Gasteiger partial charge >= 0.3 is 7.60 Å². The standard InChI is InChI=1S/CH6O4P2/c1-7(3,4)5-6-2/h6H2,1H3,(H,3,4). The van der Waals surface area contributed by atoms with E-state index in [2.05, 4.69) is 4.31 Å². The quantitative estimate of drug-likeness (QED) is 0.572. The fourth-order valence-corrected chi connectivity index (χ4v) is 0.719. The third-order valence-corrected chi connectivity index (χ3v) is 2.15. The summed E-state index contributed by atoms with van der Waals surface area (Å²) in [6, 6.07) is 0. The summed E-state index contributed by atoms with van der Waals surface area (Å²) in [6.45, 7) is 0.984. The van der Waals surface area contributed by atoms with Crippen LogP contribution >= 0.6 is 16.3 Å². The predicted octanol–water partition coefficient (Wildman–Crippen LogP) is 0.489. The van der Waals surface area contributed by atoms with Gasteiger partial charge in [0.15, 0.2) is 8.69 Å². The molecule has 0 saturated carbocycles. The normalized spacial score (nSPS) is 20.3. The molecular formula is CH6O4P2. The molecule has 0 amide bonds. The molecule has 0 bridgehead atoms. The zero-order valence-corrected chi connectivity index (χ0v) is 5.75. The SMILES string of the molecule is CP(=O)(O)O[PH2]=O. The first-order valence-corrected chi connectivity index (χ1v) is 4.45. The lowest BCUT2D eigenvalue weighted by atomic mass is 12.0. The lowest BCUT2D eigenvalue weighted by Gasteiger charge is -1.95. The number of hydrogen-bond acceptors (Lipinski definition) is 3. The van der Waals surface area contributed by atoms with Gasteiger partial charge in [-0.25, -0.2) is 0 Å². The molecule has 0 aliphatic carbocycles. The van der Waals surface area contributed by atoms with E-state index < -0.39 is 16.3 Å². The molecule has 2 atom stereocenters. The zero-order chi connectivity index (χ0) is 5.91. The molecule has 6 heteroatoms. The Morgan fingerprint density at radius 1 is 1.86 bits per heavy atom. The molecule has 0 fully saturated rings. The van der Waals surface area contributed by atoms with Crippen molar-refractivity contribution in [3.63, 3.8) is 0 Å². The molecule has 44 valence electrons. The summed E-state index contributed by atoms with van der Waals surface area (Å²) in [7, 11) is -4.99. The van der Waals surface area contributed by atoms with E-state index in [1.54, 1.807) is 0 Å². The molecule has 0 rings (SSSR count). The Morgan fingerprint density at radius 2 is 2.29 bits per heavy atom. The molecule has 2 unspecified atom stereocenters. The Morgan fingerprint density at radius 3 is 2.29 bits per heavy atom. The van der Waals surface area contributed by atoms with E-state index in [0.717, 1.165) is 6.66 Å². The third kappa shape index (κ3) is 6.38. The van der Waals surface area contributed by atoms with Crippen LogP contribution in [0.3, 0.4) is 0 Å². The second-order valence-corrected chi connectivity index (χ2v) is 3.65. The van der Waals surface area contributed by atoms with Crippen LogP contribution in [0.25, 0.3) is 0 Å². The maximum Gasteiger partial charge on any atom is 0.330 e. The van der Waals surface area contributed by atoms with Gasteiger partial charge in [-0.2, -0.15) is 0 Å². The second kappa shape index (κ2) is 2.63. The summed E-state index contributed by atoms with van der Waals surface area (Å²) in [5, 5.41) is 0. The average Bonchev–Trinajstić information content (AvgIpc) is 1.30. The summed E-state index contributed by atoms with van der Waals surface area (Å²) in [6.07, 6.45) is 0. The molecule has 0 spiro atoms. The molecule has 0 aliphatic rings. The maximum absolute atomic E-state index is 9.97. The van der Waals surface area contributed by atoms with Crippen LogP contribution < -0.4 is 0 Å². The Balaban J connectivity index is 3.57. The van der Waals surface area contributed by atoms with Crippen LogP contribution in [0.4, 0.5) is 0 Å². The van der Waals surface area contributed by atoms with Gasteiger partial charge in [0.2, 0.25) is 0 Å². The molecule has 0 aromatic carbocycles. The largest absolute Gasteiger partial charge is 0.330 e. The molecule has 1 N–H and O–H groups in total. The molecule has 0 aromatic heterocycles. The fraction of sp³-hybridized carbons (Fsp3) is 1.00. The van der Waals surface area contributed by atoms with Crippen LogP contribution in [-0.4, -0.2) is 11.6 Å². The first-order valence-electron chi connectivity index (χ1n) is 1.48. The van der Waals surface area contributed by atoms with Crippen molar-refractivity contribution in [3.05, 3.63) is 0 Å². The molecule has 0 aliphatic heterocycles. The predicted molar refractivity (Wildman–Crippen MR) is 27.2 cm³/mol. The van der Waals surface area contributed by atoms with E-state index in [1.807, 2.05) is 0 Å². The van der Waals surface area contributed by atoms with Crippen molar-refractivity contribution in [3.8, 4) is 0 Å². The van der Waals surface area contributed by atoms with Crippen LogP contribution in [0, 0.1) is 0 Å². The van der Waals surface area contributed by atoms with Gasteiger partial charge in [0, 0.05) is 6.66 Å². The van der Waals surface area contributed by atoms with Gasteiger partial charge in [0.1, 0.15) is 0 Å². The van der Waals surface area contributed by atoms with E-state index in [0.29, 0.717) is 0 Å². The Bertz CT molecular complexity index is 102. The highest BCUT2D eigenvalue weighted by atomic mass is 31.2. The molecule has 0 radical (unpaired) electrons. The minimum absolute atomic E-state index is 0.984. The maximum atomic E-state index is 9.97. The lowest BCUT2D eigenvalue weighted by Crippen LogP contribution is -1.69. The van der Waals surface area contributed by atoms with E-state index in [4.69, 9.17) is 4.89 Å². The summed E-state index contributed by atoms with van der Waals surface area (Å²) >= 11 is 0. The van der Waals surface area contributed by atoms with Crippen molar-refractivity contribution >= 4 is 16.3 Å². The van der Waals surface area contributed by atoms with Crippen molar-refractivity contribution in [2.45, 2.75) is 0 Å². The van der Waals surface area contributed by atoms with Crippen LogP contribution in [0.15, 0.2) is 0 Å². The minimum Gasteiger partial charge on any atom is -0.324 e. The molecule has 0 saturated heterocycles. The summed E-state index contributed by atoms with van der Waals surface area (Å²) in [5.41, 5.74) is 0. The Labute approximate surface area is 42.3 Å². The van der Waals surface area contributed by atoms with Crippen molar-refractivity contribution < 1.29 is 18.3 Å². The van der Waals surface area contributed by atoms with Gasteiger partial charge < -0.3 is 4.89 Å². The summed E-state index contributed by atoms with van der Waals surface area (Å²) < 4.78 is 23.3. The van der Waals surface area contributed by atoms with Crippen molar-refractivity contribution in [2.24, 2.45) is 0 Å². The van der Waals surface area contributed by atoms with E-state index >= 15 is 0 Å². The Kier molecular flexibility index (Phi) is 2.77. The monoisotopic (exact) mass is 144 g/mol. The molecule has 4 nitrogen and oxygen atoms in total. The average molecular weight is 144 g/mol. The Hall–Kier alpha value is 0.380. The highest BCUT2D eigenvalue weighted by Crippen LogP contribution is 2.40. The number of hydrogen-bond donors (Lipinski definition) is 1. The van der Waals surface area contributed by atoms with E-state index in [9.17, 15) is 9.13 Å². The topological polar surface area (TPSA) is 63.6 Å². The zero-order valence-electron chi connectivity index (χ0n) is 3.70. The molecule has 0 aromatic rings. The fourth-order valence-electron chi connectivity index (χ4n) is 0.0798. The van der Waals surface area contributed by atoms with Crippen LogP contribution in [0.1, 0.15) is 0 Å². The first-order chi connectivity index (χ1) is 3.06. The summed E-state index contributed by atoms with van der Waals surface area (Å²) in [4.78, 5) is 8.17. The van der Waals surface area contributed by atoms with Gasteiger partial charge in [0.25, 0.3) is 0 Å². The van der Waals surface area contributed by atoms with Gasteiger partial charge in [0.05, 0.1) is 0 Å². The van der Waals surface area contributed by atoms with Crippen molar-refractivity contribution in [2.75, 3.05) is 6.66 Å². The van der Waals surface area contributed by atoms with Gasteiger partial charge in [-0.3, -0.25) is 13.4 Å². The first kappa shape index (κ1) is 7.38. The minimum atomic E-state index is -3.44. The van der Waals surface area contributed by atoms with Gasteiger partial charge in [-0.15, -0.1) is 0 Å². The number of rotatable bonds is 2. The summed E-state index contributed by atoms with van der Waals surface area (Å²) in [5.74, 6) is 0. The van der Waals surface area contributed by atoms with Crippen LogP contribution in [0.5, 0.6) is 0 Å². The van der Waals surface area contributed by atoms with Crippen LogP contribution in [0.2, 0.25) is 0 Å². The van der Waals surface area contributed by atoms with Crippen LogP contribution in [-0.2, 0) is 13.4 Å². The smallest absolute Gasteiger partial charge is 0.324 e. The van der Waals surface area contributed by atoms with Gasteiger partial charge in [-0.1, -0.05) is 0 Å². The van der Waals surface area contributed by atoms with Crippen molar-refractivity contribution in [1.82, 2.24) is 0 Å². The molecule has 0 heterocycles. The van der Waals surface area contributed by atoms with Gasteiger partial charge in [-0.05, 0) is 0 Å². The highest BCUT2D eigenvalue weighted by Gasteiger charge is 2.05. The van der Waals surface area contributed by atoms with E-state index in [1.165, 1.54) is 0 Å². The van der Waals surface area contributed by atoms with E-state index in [-0.39, 0.29) is 0 Å².